The molecule has 1 aromatic carbocycles. The van der Waals surface area contributed by atoms with E-state index < -0.39 is 0 Å². The zero-order valence-corrected chi connectivity index (χ0v) is 15.4. The summed E-state index contributed by atoms with van der Waals surface area (Å²) >= 11 is 0. The lowest BCUT2D eigenvalue weighted by Gasteiger charge is -2.41. The summed E-state index contributed by atoms with van der Waals surface area (Å²) in [6, 6.07) is 10.4. The molecule has 1 saturated heterocycles. The average Bonchev–Trinajstić information content (AvgIpc) is 2.68. The molecule has 0 spiro atoms. The summed E-state index contributed by atoms with van der Waals surface area (Å²) in [6.45, 7) is 1.29. The minimum atomic E-state index is -0.0411. The monoisotopic (exact) mass is 356 g/mol. The lowest BCUT2D eigenvalue weighted by Crippen LogP contribution is -2.52. The Morgan fingerprint density at radius 1 is 1.27 bits per heavy atom. The second-order valence-electron chi connectivity index (χ2n) is 7.21. The fourth-order valence-corrected chi connectivity index (χ4v) is 3.98. The van der Waals surface area contributed by atoms with Gasteiger partial charge in [-0.25, -0.2) is 5.01 Å². The molecular weight excluding hydrogens is 328 g/mol. The van der Waals surface area contributed by atoms with Crippen LogP contribution in [0.1, 0.15) is 37.7 Å². The van der Waals surface area contributed by atoms with Gasteiger partial charge in [0, 0.05) is 32.5 Å². The van der Waals surface area contributed by atoms with E-state index >= 15 is 0 Å². The maximum absolute atomic E-state index is 13.1. The normalized spacial score (nSPS) is 22.2. The van der Waals surface area contributed by atoms with Crippen molar-refractivity contribution in [3.05, 3.63) is 35.9 Å². The number of hydrazone groups is 1. The third-order valence-corrected chi connectivity index (χ3v) is 5.45. The molecule has 2 atom stereocenters. The number of carbonyl (C=O) groups excluding carboxylic acids is 2. The molecule has 2 unspecified atom stereocenters. The average molecular weight is 356 g/mol. The topological polar surface area (TPSA) is 79.0 Å². The highest BCUT2D eigenvalue weighted by molar-refractivity contribution is 6.39. The van der Waals surface area contributed by atoms with Gasteiger partial charge in [0.25, 0.3) is 5.91 Å². The third-order valence-electron chi connectivity index (χ3n) is 5.45. The van der Waals surface area contributed by atoms with Gasteiger partial charge < -0.3 is 10.6 Å². The fraction of sp³-hybridized carbons (Fsp3) is 0.550. The summed E-state index contributed by atoms with van der Waals surface area (Å²) in [5.74, 6) is 0.159. The summed E-state index contributed by atoms with van der Waals surface area (Å²) in [7, 11) is 1.61. The second-order valence-corrected chi connectivity index (χ2v) is 7.21. The van der Waals surface area contributed by atoms with Gasteiger partial charge in [-0.05, 0) is 43.7 Å². The number of amides is 2. The fourth-order valence-electron chi connectivity index (χ4n) is 3.98. The highest BCUT2D eigenvalue weighted by Gasteiger charge is 2.35. The Balaban J connectivity index is 1.77. The molecule has 0 saturated carbocycles. The Labute approximate surface area is 155 Å². The lowest BCUT2D eigenvalue weighted by molar-refractivity contribution is -0.131. The smallest absolute Gasteiger partial charge is 0.270 e. The molecule has 2 amide bonds. The standard InChI is InChI=1S/C20H28N4O2/c1-23-19(25)11-10-17(22-23)20(26)24-12-6-5-9-18(24)16(14-21)13-15-7-3-2-4-8-15/h2-4,7-8,16,18H,5-6,9-14,21H2,1H3. The van der Waals surface area contributed by atoms with Crippen molar-refractivity contribution in [2.45, 2.75) is 44.6 Å². The van der Waals surface area contributed by atoms with Crippen molar-refractivity contribution in [3.8, 4) is 0 Å². The predicted molar refractivity (Wildman–Crippen MR) is 101 cm³/mol. The van der Waals surface area contributed by atoms with Crippen molar-refractivity contribution in [2.75, 3.05) is 20.1 Å². The van der Waals surface area contributed by atoms with Gasteiger partial charge >= 0.3 is 0 Å². The van der Waals surface area contributed by atoms with E-state index in [1.54, 1.807) is 7.05 Å². The molecule has 2 N–H and O–H groups in total. The maximum Gasteiger partial charge on any atom is 0.270 e. The van der Waals surface area contributed by atoms with E-state index in [0.717, 1.165) is 32.2 Å². The molecule has 26 heavy (non-hydrogen) atoms. The van der Waals surface area contributed by atoms with Crippen LogP contribution in [0.25, 0.3) is 0 Å². The summed E-state index contributed by atoms with van der Waals surface area (Å²) in [5, 5.41) is 5.51. The van der Waals surface area contributed by atoms with Gasteiger partial charge in [0.05, 0.1) is 0 Å². The highest BCUT2D eigenvalue weighted by Crippen LogP contribution is 2.27. The van der Waals surface area contributed by atoms with E-state index in [0.29, 0.717) is 25.1 Å². The molecule has 3 rings (SSSR count). The molecule has 6 nitrogen and oxygen atoms in total. The van der Waals surface area contributed by atoms with E-state index in [2.05, 4.69) is 17.2 Å². The van der Waals surface area contributed by atoms with Crippen molar-refractivity contribution in [1.29, 1.82) is 0 Å². The van der Waals surface area contributed by atoms with Gasteiger partial charge in [0.2, 0.25) is 5.91 Å². The number of benzene rings is 1. The van der Waals surface area contributed by atoms with Crippen LogP contribution in [0.4, 0.5) is 0 Å². The van der Waals surface area contributed by atoms with E-state index in [9.17, 15) is 9.59 Å². The minimum Gasteiger partial charge on any atom is -0.334 e. The highest BCUT2D eigenvalue weighted by atomic mass is 16.2. The first-order valence-electron chi connectivity index (χ1n) is 9.49. The predicted octanol–water partition coefficient (Wildman–Crippen LogP) is 1.79. The maximum atomic E-state index is 13.1. The summed E-state index contributed by atoms with van der Waals surface area (Å²) in [6.07, 6.45) is 4.75. The van der Waals surface area contributed by atoms with Crippen molar-refractivity contribution in [3.63, 3.8) is 0 Å². The molecular formula is C20H28N4O2. The lowest BCUT2D eigenvalue weighted by atomic mass is 9.85. The van der Waals surface area contributed by atoms with Gasteiger partial charge in [0.15, 0.2) is 0 Å². The van der Waals surface area contributed by atoms with Crippen LogP contribution >= 0.6 is 0 Å². The van der Waals surface area contributed by atoms with Crippen LogP contribution in [0.5, 0.6) is 0 Å². The number of nitrogens with zero attached hydrogens (tertiary/aromatic N) is 3. The SMILES string of the molecule is CN1N=C(C(=O)N2CCCCC2C(CN)Cc2ccccc2)CCC1=O. The number of nitrogens with two attached hydrogens (primary N) is 1. The number of hydrogen-bond donors (Lipinski definition) is 1. The number of piperidine rings is 1. The minimum absolute atomic E-state index is 0.0273. The Kier molecular flexibility index (Phi) is 6.04. The molecule has 6 heteroatoms. The zero-order chi connectivity index (χ0) is 18.5. The molecule has 2 aliphatic heterocycles. The summed E-state index contributed by atoms with van der Waals surface area (Å²) < 4.78 is 0. The van der Waals surface area contributed by atoms with Crippen molar-refractivity contribution >= 4 is 17.5 Å². The second kappa shape index (κ2) is 8.45. The van der Waals surface area contributed by atoms with Crippen molar-refractivity contribution in [2.24, 2.45) is 16.8 Å². The van der Waals surface area contributed by atoms with Gasteiger partial charge in [0.1, 0.15) is 5.71 Å². The molecule has 0 aliphatic carbocycles. The van der Waals surface area contributed by atoms with Crippen LogP contribution in [-0.4, -0.2) is 53.6 Å². The van der Waals surface area contributed by atoms with Crippen LogP contribution in [-0.2, 0) is 16.0 Å². The first-order chi connectivity index (χ1) is 12.6. The number of carbonyl (C=O) groups is 2. The molecule has 2 aliphatic rings. The number of likely N-dealkylation sites (tertiary alicyclic amines) is 1. The van der Waals surface area contributed by atoms with Crippen LogP contribution in [0.2, 0.25) is 0 Å². The molecule has 0 bridgehead atoms. The quantitative estimate of drug-likeness (QED) is 0.874. The zero-order valence-electron chi connectivity index (χ0n) is 15.4. The summed E-state index contributed by atoms with van der Waals surface area (Å²) in [5.41, 5.74) is 7.86. The molecule has 140 valence electrons. The van der Waals surface area contributed by atoms with Gasteiger partial charge in [-0.15, -0.1) is 0 Å². The van der Waals surface area contributed by atoms with Crippen molar-refractivity contribution < 1.29 is 9.59 Å². The summed E-state index contributed by atoms with van der Waals surface area (Å²) in [4.78, 5) is 26.7. The van der Waals surface area contributed by atoms with E-state index in [1.807, 2.05) is 23.1 Å². The van der Waals surface area contributed by atoms with E-state index in [-0.39, 0.29) is 23.8 Å². The van der Waals surface area contributed by atoms with Crippen LogP contribution < -0.4 is 5.73 Å². The van der Waals surface area contributed by atoms with Crippen molar-refractivity contribution in [1.82, 2.24) is 9.91 Å². The Morgan fingerprint density at radius 2 is 2.04 bits per heavy atom. The largest absolute Gasteiger partial charge is 0.334 e. The first kappa shape index (κ1) is 18.6. The Morgan fingerprint density at radius 3 is 2.73 bits per heavy atom. The van der Waals surface area contributed by atoms with E-state index in [1.165, 1.54) is 10.6 Å². The van der Waals surface area contributed by atoms with Crippen LogP contribution in [0.15, 0.2) is 35.4 Å². The Bertz CT molecular complexity index is 674. The molecule has 1 aromatic rings. The van der Waals surface area contributed by atoms with E-state index in [4.69, 9.17) is 5.73 Å². The molecule has 1 fully saturated rings. The molecule has 0 aromatic heterocycles. The van der Waals surface area contributed by atoms with Crippen LogP contribution in [0.3, 0.4) is 0 Å². The van der Waals surface area contributed by atoms with Crippen LogP contribution in [0, 0.1) is 5.92 Å². The molecule has 0 radical (unpaired) electrons. The molecule has 2 heterocycles. The Hall–Kier alpha value is -2.21. The first-order valence-corrected chi connectivity index (χ1v) is 9.49. The number of hydrogen-bond acceptors (Lipinski definition) is 4. The number of rotatable bonds is 5. The van der Waals surface area contributed by atoms with Gasteiger partial charge in [-0.3, -0.25) is 9.59 Å². The van der Waals surface area contributed by atoms with Gasteiger partial charge in [-0.1, -0.05) is 30.3 Å². The van der Waals surface area contributed by atoms with Gasteiger partial charge in [-0.2, -0.15) is 5.10 Å². The third kappa shape index (κ3) is 4.12.